The van der Waals surface area contributed by atoms with Crippen LogP contribution in [0.5, 0.6) is 0 Å². The van der Waals surface area contributed by atoms with Crippen LogP contribution < -0.4 is 16.0 Å². The molecule has 0 saturated carbocycles. The maximum Gasteiger partial charge on any atom is 0.410 e. The van der Waals surface area contributed by atoms with Gasteiger partial charge >= 0.3 is 12.2 Å². The predicted molar refractivity (Wildman–Crippen MR) is 285 cm³/mol. The third kappa shape index (κ3) is 42.6. The molecule has 0 aliphatic carbocycles. The summed E-state index contributed by atoms with van der Waals surface area (Å²) in [6.07, 6.45) is 44.3. The molecule has 0 aromatic rings. The Morgan fingerprint density at radius 1 is 0.552 bits per heavy atom. The smallest absolute Gasteiger partial charge is 0.410 e. The van der Waals surface area contributed by atoms with Crippen LogP contribution in [0.4, 0.5) is 9.59 Å². The van der Waals surface area contributed by atoms with Crippen molar-refractivity contribution in [2.45, 2.75) is 279 Å². The highest BCUT2D eigenvalue weighted by molar-refractivity contribution is 5.79. The van der Waals surface area contributed by atoms with E-state index in [-0.39, 0.29) is 31.0 Å². The second-order valence-electron chi connectivity index (χ2n) is 21.2. The van der Waals surface area contributed by atoms with Gasteiger partial charge in [-0.3, -0.25) is 10.2 Å². The van der Waals surface area contributed by atoms with E-state index in [1.807, 2.05) is 34.6 Å². The van der Waals surface area contributed by atoms with E-state index in [1.165, 1.54) is 154 Å². The van der Waals surface area contributed by atoms with Gasteiger partial charge in [0.15, 0.2) is 5.96 Å². The zero-order chi connectivity index (χ0) is 50.0. The molecule has 2 unspecified atom stereocenters. The third-order valence-corrected chi connectivity index (χ3v) is 11.8. The SMILES string of the molecule is CCCCCCCCC=CCCCCCCCCN(CCCCCCCCC=CCCCCCCCC)C(=O)CCNC(=N)NCC(C)N(CC(C)NC(=O)OC(C)(C)C)C(=O)OC(C)(C)C. The molecule has 4 N–H and O–H groups in total. The standard InChI is InChI=1S/C56H108N6O5/c1-11-13-15-17-19-21-23-25-27-29-31-33-35-37-39-41-45-61(46-42-40-38-36-34-32-30-28-26-24-22-20-18-16-14-12-2)51(63)43-44-58-52(57)59-47-50(4)62(54(65)67-56(8,9)10)48-49(3)60-53(64)66-55(5,6)7/h25-28,49-50H,11-24,29-48H2,1-10H3,(H,60,64)(H3,57,58,59). The first-order valence-electron chi connectivity index (χ1n) is 27.6. The first kappa shape index (κ1) is 63.8. The molecule has 67 heavy (non-hydrogen) atoms. The highest BCUT2D eigenvalue weighted by Gasteiger charge is 2.29. The number of nitrogens with zero attached hydrogens (tertiary/aromatic N) is 2. The molecule has 0 rings (SSSR count). The van der Waals surface area contributed by atoms with Crippen molar-refractivity contribution in [1.82, 2.24) is 25.8 Å². The predicted octanol–water partition coefficient (Wildman–Crippen LogP) is 14.9. The number of guanidine groups is 1. The summed E-state index contributed by atoms with van der Waals surface area (Å²) in [5.41, 5.74) is -1.34. The van der Waals surface area contributed by atoms with Gasteiger partial charge in [-0.1, -0.05) is 154 Å². The molecule has 0 fully saturated rings. The summed E-state index contributed by atoms with van der Waals surface area (Å²) in [5.74, 6) is 0.230. The average Bonchev–Trinajstić information content (AvgIpc) is 3.24. The minimum Gasteiger partial charge on any atom is -0.444 e. The number of hydrogen-bond acceptors (Lipinski definition) is 6. The van der Waals surface area contributed by atoms with E-state index in [0.717, 1.165) is 38.8 Å². The maximum absolute atomic E-state index is 13.6. The topological polar surface area (TPSA) is 136 Å². The lowest BCUT2D eigenvalue weighted by atomic mass is 10.1. The summed E-state index contributed by atoms with van der Waals surface area (Å²) >= 11 is 0. The van der Waals surface area contributed by atoms with Crippen molar-refractivity contribution in [2.75, 3.05) is 32.7 Å². The monoisotopic (exact) mass is 945 g/mol. The fourth-order valence-corrected chi connectivity index (χ4v) is 7.94. The van der Waals surface area contributed by atoms with Gasteiger partial charge in [-0.2, -0.15) is 0 Å². The number of allylic oxidation sites excluding steroid dienone is 4. The number of carbonyl (C=O) groups excluding carboxylic acids is 3. The molecular weight excluding hydrogens is 837 g/mol. The summed E-state index contributed by atoms with van der Waals surface area (Å²) in [4.78, 5) is 42.9. The molecule has 0 aromatic heterocycles. The van der Waals surface area contributed by atoms with Crippen LogP contribution in [0.25, 0.3) is 0 Å². The summed E-state index contributed by atoms with van der Waals surface area (Å²) in [6, 6.07) is -0.782. The molecule has 0 spiro atoms. The van der Waals surface area contributed by atoms with Crippen molar-refractivity contribution in [1.29, 1.82) is 5.41 Å². The lowest BCUT2D eigenvalue weighted by Gasteiger charge is -2.34. The van der Waals surface area contributed by atoms with E-state index in [9.17, 15) is 14.4 Å². The molecule has 392 valence electrons. The Kier molecular flexibility index (Phi) is 39.7. The van der Waals surface area contributed by atoms with Crippen molar-refractivity contribution in [3.05, 3.63) is 24.3 Å². The molecule has 0 heterocycles. The minimum absolute atomic E-state index is 0.0943. The highest BCUT2D eigenvalue weighted by Crippen LogP contribution is 2.16. The first-order valence-corrected chi connectivity index (χ1v) is 27.6. The number of rotatable bonds is 41. The molecule has 11 nitrogen and oxygen atoms in total. The van der Waals surface area contributed by atoms with Crippen molar-refractivity contribution >= 4 is 24.1 Å². The van der Waals surface area contributed by atoms with Gasteiger partial charge in [-0.25, -0.2) is 9.59 Å². The zero-order valence-electron chi connectivity index (χ0n) is 45.4. The van der Waals surface area contributed by atoms with Crippen molar-refractivity contribution in [3.63, 3.8) is 0 Å². The van der Waals surface area contributed by atoms with Gasteiger partial charge in [-0.05, 0) is 120 Å². The number of amides is 3. The minimum atomic E-state index is -0.701. The molecule has 11 heteroatoms. The lowest BCUT2D eigenvalue weighted by molar-refractivity contribution is -0.131. The van der Waals surface area contributed by atoms with Crippen LogP contribution in [0.3, 0.4) is 0 Å². The Morgan fingerprint density at radius 2 is 0.940 bits per heavy atom. The normalized spacial score (nSPS) is 12.9. The molecule has 0 aliphatic heterocycles. The molecular formula is C56H108N6O5. The van der Waals surface area contributed by atoms with E-state index < -0.39 is 29.4 Å². The zero-order valence-corrected chi connectivity index (χ0v) is 45.4. The maximum atomic E-state index is 13.6. The van der Waals surface area contributed by atoms with Crippen LogP contribution in [0.1, 0.15) is 255 Å². The van der Waals surface area contributed by atoms with Crippen LogP contribution >= 0.6 is 0 Å². The Bertz CT molecular complexity index is 1250. The van der Waals surface area contributed by atoms with Gasteiger partial charge in [0, 0.05) is 51.2 Å². The van der Waals surface area contributed by atoms with E-state index in [0.29, 0.717) is 13.0 Å². The number of alkyl carbamates (subject to hydrolysis) is 1. The molecule has 0 radical (unpaired) electrons. The highest BCUT2D eigenvalue weighted by atomic mass is 16.6. The van der Waals surface area contributed by atoms with Gasteiger partial charge in [0.1, 0.15) is 11.2 Å². The van der Waals surface area contributed by atoms with Crippen LogP contribution in [0.15, 0.2) is 24.3 Å². The van der Waals surface area contributed by atoms with Crippen LogP contribution in [0.2, 0.25) is 0 Å². The Labute approximate surface area is 413 Å². The third-order valence-electron chi connectivity index (χ3n) is 11.8. The van der Waals surface area contributed by atoms with E-state index in [1.54, 1.807) is 25.7 Å². The van der Waals surface area contributed by atoms with Gasteiger partial charge < -0.3 is 35.2 Å². The van der Waals surface area contributed by atoms with E-state index in [4.69, 9.17) is 14.9 Å². The quantitative estimate of drug-likeness (QED) is 0.0207. The molecule has 0 aromatic carbocycles. The summed E-state index contributed by atoms with van der Waals surface area (Å²) in [6.45, 7) is 21.5. The Morgan fingerprint density at radius 3 is 1.34 bits per heavy atom. The van der Waals surface area contributed by atoms with Crippen molar-refractivity contribution < 1.29 is 23.9 Å². The second kappa shape index (κ2) is 41.7. The Hall–Kier alpha value is -3.24. The van der Waals surface area contributed by atoms with Gasteiger partial charge in [0.05, 0.1) is 0 Å². The van der Waals surface area contributed by atoms with Crippen LogP contribution in [-0.2, 0) is 14.3 Å². The lowest BCUT2D eigenvalue weighted by Crippen LogP contribution is -2.53. The number of hydrogen-bond donors (Lipinski definition) is 4. The second-order valence-corrected chi connectivity index (χ2v) is 21.2. The van der Waals surface area contributed by atoms with Crippen molar-refractivity contribution in [3.8, 4) is 0 Å². The summed E-state index contributed by atoms with van der Waals surface area (Å²) in [7, 11) is 0. The molecule has 0 saturated heterocycles. The largest absolute Gasteiger partial charge is 0.444 e. The molecule has 3 amide bonds. The van der Waals surface area contributed by atoms with Crippen LogP contribution in [0, 0.1) is 5.41 Å². The fraction of sp³-hybridized carbons (Fsp3) is 0.857. The Balaban J connectivity index is 4.94. The van der Waals surface area contributed by atoms with E-state index >= 15 is 0 Å². The number of carbonyl (C=O) groups is 3. The number of ether oxygens (including phenoxy) is 2. The molecule has 0 aliphatic rings. The first-order chi connectivity index (χ1) is 32.0. The number of unbranched alkanes of at least 4 members (excludes halogenated alkanes) is 24. The molecule has 2 atom stereocenters. The van der Waals surface area contributed by atoms with E-state index in [2.05, 4.69) is 59.0 Å². The fourth-order valence-electron chi connectivity index (χ4n) is 7.94. The average molecular weight is 946 g/mol. The number of nitrogens with one attached hydrogen (secondary N) is 4. The van der Waals surface area contributed by atoms with Gasteiger partial charge in [-0.15, -0.1) is 0 Å². The summed E-state index contributed by atoms with van der Waals surface area (Å²) in [5, 5.41) is 17.5. The molecule has 0 bridgehead atoms. The van der Waals surface area contributed by atoms with Gasteiger partial charge in [0.2, 0.25) is 5.91 Å². The summed E-state index contributed by atoms with van der Waals surface area (Å²) < 4.78 is 11.1. The van der Waals surface area contributed by atoms with Crippen molar-refractivity contribution in [2.24, 2.45) is 0 Å². The van der Waals surface area contributed by atoms with Gasteiger partial charge in [0.25, 0.3) is 0 Å². The van der Waals surface area contributed by atoms with Crippen LogP contribution in [-0.4, -0.2) is 89.9 Å².